The van der Waals surface area contributed by atoms with E-state index < -0.39 is 0 Å². The SMILES string of the molecule is C#CCCCCCCc1ccc(CCCCCCCCCC)cc1. The second-order valence-electron chi connectivity index (χ2n) is 7.16. The lowest BCUT2D eigenvalue weighted by Crippen LogP contribution is -1.90. The van der Waals surface area contributed by atoms with Gasteiger partial charge in [0.05, 0.1) is 0 Å². The molecule has 0 heteroatoms. The van der Waals surface area contributed by atoms with E-state index in [2.05, 4.69) is 37.1 Å². The Bertz CT molecular complexity index is 420. The van der Waals surface area contributed by atoms with Crippen LogP contribution < -0.4 is 0 Å². The van der Waals surface area contributed by atoms with Gasteiger partial charge < -0.3 is 0 Å². The maximum atomic E-state index is 5.27. The Morgan fingerprint density at radius 1 is 0.625 bits per heavy atom. The van der Waals surface area contributed by atoms with E-state index in [0.29, 0.717) is 0 Å². The van der Waals surface area contributed by atoms with E-state index >= 15 is 0 Å². The van der Waals surface area contributed by atoms with Crippen LogP contribution >= 0.6 is 0 Å². The van der Waals surface area contributed by atoms with Gasteiger partial charge in [-0.2, -0.15) is 0 Å². The second-order valence-corrected chi connectivity index (χ2v) is 7.16. The first-order valence-corrected chi connectivity index (χ1v) is 10.4. The van der Waals surface area contributed by atoms with Crippen LogP contribution in [0.3, 0.4) is 0 Å². The van der Waals surface area contributed by atoms with Crippen molar-refractivity contribution < 1.29 is 0 Å². The zero-order chi connectivity index (χ0) is 17.3. The first-order chi connectivity index (χ1) is 11.9. The Morgan fingerprint density at radius 2 is 1.04 bits per heavy atom. The summed E-state index contributed by atoms with van der Waals surface area (Å²) in [6.45, 7) is 2.28. The number of hydrogen-bond acceptors (Lipinski definition) is 0. The molecule has 1 rings (SSSR count). The topological polar surface area (TPSA) is 0 Å². The van der Waals surface area contributed by atoms with E-state index in [-0.39, 0.29) is 0 Å². The smallest absolute Gasteiger partial charge is 0.00860 e. The molecule has 0 atom stereocenters. The summed E-state index contributed by atoms with van der Waals surface area (Å²) in [4.78, 5) is 0. The zero-order valence-electron chi connectivity index (χ0n) is 16.0. The van der Waals surface area contributed by atoms with Crippen molar-refractivity contribution in [1.82, 2.24) is 0 Å². The fourth-order valence-corrected chi connectivity index (χ4v) is 3.25. The van der Waals surface area contributed by atoms with Crippen molar-refractivity contribution in [3.8, 4) is 12.3 Å². The van der Waals surface area contributed by atoms with Crippen LogP contribution in [0.25, 0.3) is 0 Å². The molecule has 0 aliphatic heterocycles. The third-order valence-electron chi connectivity index (χ3n) is 4.88. The van der Waals surface area contributed by atoms with E-state index in [1.807, 2.05) is 0 Å². The van der Waals surface area contributed by atoms with Crippen molar-refractivity contribution in [2.24, 2.45) is 0 Å². The minimum atomic E-state index is 0.938. The van der Waals surface area contributed by atoms with Crippen LogP contribution in [0.4, 0.5) is 0 Å². The maximum Gasteiger partial charge on any atom is 0.00860 e. The van der Waals surface area contributed by atoms with E-state index in [1.165, 1.54) is 101 Å². The van der Waals surface area contributed by atoms with Crippen LogP contribution in [0.5, 0.6) is 0 Å². The molecule has 0 saturated heterocycles. The number of hydrogen-bond donors (Lipinski definition) is 0. The van der Waals surface area contributed by atoms with Crippen molar-refractivity contribution in [2.45, 2.75) is 103 Å². The number of terminal acetylenes is 1. The Labute approximate surface area is 151 Å². The number of unbranched alkanes of at least 4 members (excludes halogenated alkanes) is 11. The number of aryl methyl sites for hydroxylation is 2. The molecular weight excluding hydrogens is 288 g/mol. The highest BCUT2D eigenvalue weighted by Gasteiger charge is 1.97. The van der Waals surface area contributed by atoms with Crippen LogP contribution in [0.1, 0.15) is 102 Å². The molecule has 0 spiro atoms. The predicted octanol–water partition coefficient (Wildman–Crippen LogP) is 7.50. The maximum absolute atomic E-state index is 5.27. The summed E-state index contributed by atoms with van der Waals surface area (Å²) in [5, 5.41) is 0. The summed E-state index contributed by atoms with van der Waals surface area (Å²) >= 11 is 0. The molecule has 1 aromatic rings. The molecule has 0 saturated carbocycles. The minimum Gasteiger partial charge on any atom is -0.120 e. The van der Waals surface area contributed by atoms with Crippen molar-refractivity contribution in [2.75, 3.05) is 0 Å². The lowest BCUT2D eigenvalue weighted by atomic mass is 10.0. The molecule has 0 amide bonds. The molecular formula is C24H38. The number of rotatable bonds is 15. The Balaban J connectivity index is 2.02. The van der Waals surface area contributed by atoms with Gasteiger partial charge in [-0.1, -0.05) is 89.0 Å². The monoisotopic (exact) mass is 326 g/mol. The van der Waals surface area contributed by atoms with Gasteiger partial charge in [-0.25, -0.2) is 0 Å². The van der Waals surface area contributed by atoms with Crippen molar-refractivity contribution in [1.29, 1.82) is 0 Å². The molecule has 1 aromatic carbocycles. The standard InChI is InChI=1S/C24H38/c1-3-5-7-9-11-12-14-16-18-24-21-19-23(20-22-24)17-15-13-10-8-6-4-2/h2,19-22H,3,5-18H2,1H3. The van der Waals surface area contributed by atoms with Crippen LogP contribution in [0.15, 0.2) is 24.3 Å². The summed E-state index contributed by atoms with van der Waals surface area (Å²) in [6.07, 6.45) is 25.0. The van der Waals surface area contributed by atoms with Gasteiger partial charge in [-0.05, 0) is 43.2 Å². The summed E-state index contributed by atoms with van der Waals surface area (Å²) in [6, 6.07) is 9.35. The largest absolute Gasteiger partial charge is 0.120 e. The lowest BCUT2D eigenvalue weighted by Gasteiger charge is -2.05. The fourth-order valence-electron chi connectivity index (χ4n) is 3.25. The molecule has 0 bridgehead atoms. The minimum absolute atomic E-state index is 0.938. The number of benzene rings is 1. The van der Waals surface area contributed by atoms with Gasteiger partial charge in [0.25, 0.3) is 0 Å². The summed E-state index contributed by atoms with van der Waals surface area (Å²) in [5.74, 6) is 2.72. The predicted molar refractivity (Wildman–Crippen MR) is 108 cm³/mol. The van der Waals surface area contributed by atoms with Crippen molar-refractivity contribution in [3.05, 3.63) is 35.4 Å². The molecule has 0 unspecified atom stereocenters. The van der Waals surface area contributed by atoms with Crippen LogP contribution in [-0.4, -0.2) is 0 Å². The molecule has 0 N–H and O–H groups in total. The van der Waals surface area contributed by atoms with Gasteiger partial charge in [0, 0.05) is 6.42 Å². The average Bonchev–Trinajstić information content (AvgIpc) is 2.61. The molecule has 0 aliphatic carbocycles. The average molecular weight is 327 g/mol. The highest BCUT2D eigenvalue weighted by Crippen LogP contribution is 2.14. The third-order valence-corrected chi connectivity index (χ3v) is 4.88. The highest BCUT2D eigenvalue weighted by molar-refractivity contribution is 5.22. The molecule has 0 aliphatic rings. The van der Waals surface area contributed by atoms with Gasteiger partial charge in [-0.15, -0.1) is 12.3 Å². The fraction of sp³-hybridized carbons (Fsp3) is 0.667. The van der Waals surface area contributed by atoms with Gasteiger partial charge in [-0.3, -0.25) is 0 Å². The zero-order valence-corrected chi connectivity index (χ0v) is 16.0. The summed E-state index contributed by atoms with van der Waals surface area (Å²) < 4.78 is 0. The van der Waals surface area contributed by atoms with Gasteiger partial charge in [0.15, 0.2) is 0 Å². The Kier molecular flexibility index (Phi) is 13.3. The summed E-state index contributed by atoms with van der Waals surface area (Å²) in [7, 11) is 0. The molecule has 0 aromatic heterocycles. The molecule has 0 radical (unpaired) electrons. The third kappa shape index (κ3) is 11.3. The van der Waals surface area contributed by atoms with Crippen molar-refractivity contribution in [3.63, 3.8) is 0 Å². The highest BCUT2D eigenvalue weighted by atomic mass is 14.0. The van der Waals surface area contributed by atoms with Crippen LogP contribution in [0, 0.1) is 12.3 Å². The Hall–Kier alpha value is -1.22. The summed E-state index contributed by atoms with van der Waals surface area (Å²) in [5.41, 5.74) is 3.00. The molecule has 0 fully saturated rings. The first-order valence-electron chi connectivity index (χ1n) is 10.4. The molecule has 134 valence electrons. The Morgan fingerprint density at radius 3 is 1.50 bits per heavy atom. The van der Waals surface area contributed by atoms with E-state index in [1.54, 1.807) is 0 Å². The van der Waals surface area contributed by atoms with E-state index in [0.717, 1.165) is 6.42 Å². The quantitative estimate of drug-likeness (QED) is 0.231. The normalized spacial score (nSPS) is 10.7. The second kappa shape index (κ2) is 15.3. The first kappa shape index (κ1) is 20.8. The van der Waals surface area contributed by atoms with Crippen LogP contribution in [-0.2, 0) is 12.8 Å². The lowest BCUT2D eigenvalue weighted by molar-refractivity contribution is 0.575. The van der Waals surface area contributed by atoms with Crippen molar-refractivity contribution >= 4 is 0 Å². The van der Waals surface area contributed by atoms with E-state index in [4.69, 9.17) is 6.42 Å². The van der Waals surface area contributed by atoms with Crippen LogP contribution in [0.2, 0.25) is 0 Å². The van der Waals surface area contributed by atoms with Gasteiger partial charge in [0.2, 0.25) is 0 Å². The molecule has 0 heterocycles. The molecule has 24 heavy (non-hydrogen) atoms. The van der Waals surface area contributed by atoms with Gasteiger partial charge in [0.1, 0.15) is 0 Å². The molecule has 0 nitrogen and oxygen atoms in total. The van der Waals surface area contributed by atoms with Gasteiger partial charge >= 0.3 is 0 Å². The van der Waals surface area contributed by atoms with E-state index in [9.17, 15) is 0 Å².